The van der Waals surface area contributed by atoms with Crippen molar-refractivity contribution in [2.75, 3.05) is 6.61 Å². The first-order chi connectivity index (χ1) is 18.7. The zero-order valence-electron chi connectivity index (χ0n) is 22.7. The first-order valence-corrected chi connectivity index (χ1v) is 13.9. The average molecular weight is 514 g/mol. The first kappa shape index (κ1) is 27.3. The number of aromatic nitrogens is 1. The number of benzene rings is 3. The summed E-state index contributed by atoms with van der Waals surface area (Å²) in [6.45, 7) is 6.23. The molecule has 4 aromatic rings. The second-order valence-electron chi connectivity index (χ2n) is 9.61. The molecule has 3 aromatic carbocycles. The Morgan fingerprint density at radius 1 is 0.658 bits per heavy atom. The van der Waals surface area contributed by atoms with E-state index in [-0.39, 0.29) is 11.3 Å². The number of pyridine rings is 1. The number of hydrogen-bond donors (Lipinski definition) is 0. The Morgan fingerprint density at radius 3 is 1.97 bits per heavy atom. The van der Waals surface area contributed by atoms with Crippen molar-refractivity contribution < 1.29 is 14.2 Å². The van der Waals surface area contributed by atoms with Gasteiger partial charge in [-0.25, -0.2) is 0 Å². The van der Waals surface area contributed by atoms with Crippen molar-refractivity contribution in [2.24, 2.45) is 0 Å². The zero-order valence-corrected chi connectivity index (χ0v) is 22.7. The molecule has 0 saturated heterocycles. The van der Waals surface area contributed by atoms with Gasteiger partial charge in [-0.15, -0.1) is 0 Å². The molecule has 0 aliphatic rings. The molecule has 5 heteroatoms. The van der Waals surface area contributed by atoms with Crippen LogP contribution in [-0.4, -0.2) is 11.2 Å². The number of rotatable bonds is 15. The maximum Gasteiger partial charge on any atom is 0.297 e. The third-order valence-corrected chi connectivity index (χ3v) is 6.60. The van der Waals surface area contributed by atoms with Crippen molar-refractivity contribution in [3.8, 4) is 17.2 Å². The molecule has 0 unspecified atom stereocenters. The van der Waals surface area contributed by atoms with Crippen molar-refractivity contribution in [2.45, 2.75) is 72.1 Å². The molecule has 1 heterocycles. The van der Waals surface area contributed by atoms with E-state index >= 15 is 0 Å². The van der Waals surface area contributed by atoms with Crippen LogP contribution >= 0.6 is 0 Å². The largest absolute Gasteiger partial charge is 0.489 e. The Balaban J connectivity index is 1.72. The Hall–Kier alpha value is -3.73. The number of fused-ring (bicyclic) bond motifs is 1. The number of unbranched alkanes of at least 4 members (excludes halogenated alkanes) is 4. The van der Waals surface area contributed by atoms with Crippen LogP contribution in [0.3, 0.4) is 0 Å². The predicted octanol–water partition coefficient (Wildman–Crippen LogP) is 7.92. The summed E-state index contributed by atoms with van der Waals surface area (Å²) < 4.78 is 20.5. The molecule has 1 aromatic heterocycles. The van der Waals surface area contributed by atoms with Gasteiger partial charge in [0, 0.05) is 18.0 Å². The molecule has 200 valence electrons. The fourth-order valence-corrected chi connectivity index (χ4v) is 4.45. The standard InChI is InChI=1S/C33H39NO4/c1-3-5-7-14-22-36-31-29-20-19-28(37-24-26-15-10-8-11-16-26)23-30(29)34(21-6-4-2)33(35)32(31)38-25-27-17-12-9-13-18-27/h8-13,15-20,23H,3-7,14,21-22,24-25H2,1-2H3. The van der Waals surface area contributed by atoms with Gasteiger partial charge in [0.1, 0.15) is 19.0 Å². The summed E-state index contributed by atoms with van der Waals surface area (Å²) in [4.78, 5) is 13.9. The lowest BCUT2D eigenvalue weighted by molar-refractivity contribution is 0.255. The van der Waals surface area contributed by atoms with Crippen LogP contribution in [-0.2, 0) is 19.8 Å². The molecule has 0 fully saturated rings. The molecule has 0 radical (unpaired) electrons. The predicted molar refractivity (Wildman–Crippen MR) is 154 cm³/mol. The summed E-state index contributed by atoms with van der Waals surface area (Å²) in [6, 6.07) is 25.9. The van der Waals surface area contributed by atoms with Crippen LogP contribution in [0.2, 0.25) is 0 Å². The van der Waals surface area contributed by atoms with Crippen LogP contribution in [0.15, 0.2) is 83.7 Å². The minimum atomic E-state index is -0.161. The highest BCUT2D eigenvalue weighted by molar-refractivity contribution is 5.89. The van der Waals surface area contributed by atoms with Crippen LogP contribution in [0.4, 0.5) is 0 Å². The second-order valence-corrected chi connectivity index (χ2v) is 9.61. The molecule has 0 atom stereocenters. The minimum absolute atomic E-state index is 0.161. The molecular weight excluding hydrogens is 474 g/mol. The van der Waals surface area contributed by atoms with Gasteiger partial charge >= 0.3 is 0 Å². The van der Waals surface area contributed by atoms with Gasteiger partial charge in [0.05, 0.1) is 12.1 Å². The second kappa shape index (κ2) is 14.3. The Labute approximate surface area is 226 Å². The molecule has 0 N–H and O–H groups in total. The lowest BCUT2D eigenvalue weighted by Crippen LogP contribution is -2.24. The van der Waals surface area contributed by atoms with Crippen LogP contribution in [0.25, 0.3) is 10.9 Å². The number of nitrogens with zero attached hydrogens (tertiary/aromatic N) is 1. The molecule has 0 amide bonds. The van der Waals surface area contributed by atoms with Gasteiger partial charge in [0.15, 0.2) is 5.75 Å². The first-order valence-electron chi connectivity index (χ1n) is 13.9. The van der Waals surface area contributed by atoms with E-state index in [1.807, 2.05) is 83.4 Å². The van der Waals surface area contributed by atoms with Gasteiger partial charge in [0.2, 0.25) is 5.75 Å². The van der Waals surface area contributed by atoms with Crippen molar-refractivity contribution in [3.63, 3.8) is 0 Å². The van der Waals surface area contributed by atoms with Gasteiger partial charge in [0.25, 0.3) is 5.56 Å². The van der Waals surface area contributed by atoms with Gasteiger partial charge < -0.3 is 18.8 Å². The van der Waals surface area contributed by atoms with E-state index in [9.17, 15) is 4.79 Å². The molecule has 0 bridgehead atoms. The van der Waals surface area contributed by atoms with Crippen molar-refractivity contribution in [1.82, 2.24) is 4.57 Å². The summed E-state index contributed by atoms with van der Waals surface area (Å²) in [5.74, 6) is 1.53. The van der Waals surface area contributed by atoms with E-state index in [1.54, 1.807) is 0 Å². The summed E-state index contributed by atoms with van der Waals surface area (Å²) in [5, 5.41) is 0.867. The van der Waals surface area contributed by atoms with Crippen LogP contribution < -0.4 is 19.8 Å². The highest BCUT2D eigenvalue weighted by Gasteiger charge is 2.20. The van der Waals surface area contributed by atoms with Gasteiger partial charge in [-0.3, -0.25) is 4.79 Å². The topological polar surface area (TPSA) is 49.7 Å². The average Bonchev–Trinajstić information content (AvgIpc) is 2.96. The van der Waals surface area contributed by atoms with E-state index in [4.69, 9.17) is 14.2 Å². The summed E-state index contributed by atoms with van der Waals surface area (Å²) >= 11 is 0. The highest BCUT2D eigenvalue weighted by atomic mass is 16.5. The fraction of sp³-hybridized carbons (Fsp3) is 0.364. The Bertz CT molecular complexity index is 1330. The fourth-order valence-electron chi connectivity index (χ4n) is 4.45. The summed E-state index contributed by atoms with van der Waals surface area (Å²) in [6.07, 6.45) is 6.23. The SMILES string of the molecule is CCCCCCOc1c(OCc2ccccc2)c(=O)n(CCCC)c2cc(OCc3ccccc3)ccc12. The third kappa shape index (κ3) is 7.18. The summed E-state index contributed by atoms with van der Waals surface area (Å²) in [7, 11) is 0. The maximum absolute atomic E-state index is 13.9. The smallest absolute Gasteiger partial charge is 0.297 e. The van der Waals surface area contributed by atoms with Crippen molar-refractivity contribution >= 4 is 10.9 Å². The van der Waals surface area contributed by atoms with E-state index in [2.05, 4.69) is 13.8 Å². The Morgan fingerprint density at radius 2 is 1.32 bits per heavy atom. The van der Waals surface area contributed by atoms with E-state index in [1.165, 1.54) is 6.42 Å². The normalized spacial score (nSPS) is 11.0. The number of aryl methyl sites for hydroxylation is 1. The molecule has 5 nitrogen and oxygen atoms in total. The molecular formula is C33H39NO4. The van der Waals surface area contributed by atoms with Gasteiger partial charge in [-0.05, 0) is 36.1 Å². The van der Waals surface area contributed by atoms with E-state index < -0.39 is 0 Å². The maximum atomic E-state index is 13.9. The third-order valence-electron chi connectivity index (χ3n) is 6.60. The Kier molecular flexibility index (Phi) is 10.3. The quantitative estimate of drug-likeness (QED) is 0.152. The van der Waals surface area contributed by atoms with Crippen molar-refractivity contribution in [1.29, 1.82) is 0 Å². The molecule has 0 spiro atoms. The van der Waals surface area contributed by atoms with Gasteiger partial charge in [-0.2, -0.15) is 0 Å². The lowest BCUT2D eigenvalue weighted by atomic mass is 10.1. The molecule has 0 saturated carbocycles. The highest BCUT2D eigenvalue weighted by Crippen LogP contribution is 2.35. The molecule has 38 heavy (non-hydrogen) atoms. The molecule has 0 aliphatic heterocycles. The minimum Gasteiger partial charge on any atom is -0.489 e. The number of hydrogen-bond acceptors (Lipinski definition) is 4. The molecule has 4 rings (SSSR count). The zero-order chi connectivity index (χ0) is 26.6. The number of ether oxygens (including phenoxy) is 3. The van der Waals surface area contributed by atoms with E-state index in [0.717, 1.165) is 59.9 Å². The lowest BCUT2D eigenvalue weighted by Gasteiger charge is -2.19. The summed E-state index contributed by atoms with van der Waals surface area (Å²) in [5.41, 5.74) is 2.75. The van der Waals surface area contributed by atoms with E-state index in [0.29, 0.717) is 32.1 Å². The van der Waals surface area contributed by atoms with Crippen molar-refractivity contribution in [3.05, 3.63) is 100 Å². The van der Waals surface area contributed by atoms with Gasteiger partial charge in [-0.1, -0.05) is 100 Å². The van der Waals surface area contributed by atoms with Crippen LogP contribution in [0, 0.1) is 0 Å². The van der Waals surface area contributed by atoms with Crippen LogP contribution in [0.1, 0.15) is 63.5 Å². The molecule has 0 aliphatic carbocycles. The van der Waals surface area contributed by atoms with Crippen LogP contribution in [0.5, 0.6) is 17.2 Å². The monoisotopic (exact) mass is 513 g/mol.